The molecule has 4 atom stereocenters. The van der Waals surface area contributed by atoms with Crippen molar-refractivity contribution in [1.29, 1.82) is 0 Å². The van der Waals surface area contributed by atoms with Gasteiger partial charge in [0.05, 0.1) is 10.6 Å². The number of ether oxygens (including phenoxy) is 1. The van der Waals surface area contributed by atoms with Crippen LogP contribution in [-0.2, 0) is 11.2 Å². The molecule has 0 heterocycles. The van der Waals surface area contributed by atoms with E-state index >= 15 is 0 Å². The van der Waals surface area contributed by atoms with Crippen molar-refractivity contribution in [3.05, 3.63) is 63.3 Å². The van der Waals surface area contributed by atoms with Gasteiger partial charge in [-0.15, -0.1) is 0 Å². The molecule has 0 radical (unpaired) electrons. The van der Waals surface area contributed by atoms with Crippen molar-refractivity contribution < 1.29 is 14.6 Å². The molecule has 29 heavy (non-hydrogen) atoms. The van der Waals surface area contributed by atoms with E-state index in [0.29, 0.717) is 44.7 Å². The van der Waals surface area contributed by atoms with Crippen molar-refractivity contribution in [3.8, 4) is 11.5 Å². The van der Waals surface area contributed by atoms with E-state index in [1.165, 1.54) is 0 Å². The third kappa shape index (κ3) is 2.98. The lowest BCUT2D eigenvalue weighted by molar-refractivity contribution is -0.118. The Balaban J connectivity index is 1.54. The highest BCUT2D eigenvalue weighted by Gasteiger charge is 2.57. The monoisotopic (exact) mass is 428 g/mol. The minimum absolute atomic E-state index is 0.0104. The zero-order valence-corrected chi connectivity index (χ0v) is 17.6. The van der Waals surface area contributed by atoms with Crippen molar-refractivity contribution in [3.63, 3.8) is 0 Å². The van der Waals surface area contributed by atoms with Crippen LogP contribution in [0.5, 0.6) is 11.5 Å². The first-order valence-electron chi connectivity index (χ1n) is 10.2. The molecule has 2 fully saturated rings. The van der Waals surface area contributed by atoms with Crippen LogP contribution < -0.4 is 4.74 Å². The normalized spacial score (nSPS) is 27.6. The van der Waals surface area contributed by atoms with E-state index in [1.54, 1.807) is 18.2 Å². The summed E-state index contributed by atoms with van der Waals surface area (Å²) < 4.78 is 5.98. The number of Topliss-reactive ketones (excluding diaryl/α,β-unsaturated/α-hetero) is 1. The van der Waals surface area contributed by atoms with Gasteiger partial charge in [-0.05, 0) is 79.0 Å². The average Bonchev–Trinajstić information content (AvgIpc) is 3.38. The Bertz CT molecular complexity index is 1040. The summed E-state index contributed by atoms with van der Waals surface area (Å²) in [5.41, 5.74) is 2.31. The summed E-state index contributed by atoms with van der Waals surface area (Å²) in [4.78, 5) is 13.3. The number of fused-ring (bicyclic) bond motifs is 5. The van der Waals surface area contributed by atoms with Crippen LogP contribution in [-0.4, -0.2) is 10.9 Å². The second-order valence-corrected chi connectivity index (χ2v) is 9.20. The molecule has 2 saturated carbocycles. The number of ketones is 1. The van der Waals surface area contributed by atoms with Crippen LogP contribution in [0.25, 0.3) is 5.57 Å². The maximum atomic E-state index is 13.3. The number of carbonyl (C=O) groups is 1. The molecule has 2 aromatic rings. The molecule has 0 aromatic heterocycles. The Morgan fingerprint density at radius 3 is 2.52 bits per heavy atom. The number of hydrogen-bond acceptors (Lipinski definition) is 3. The standard InChI is InChI=1S/C24H22Cl2O3/c1-2-12-5-7-16(29-19-8-6-15(25)10-18(19)26)11-17(12)22-23(27)20-13-3-4-14(9-13)21(20)24(22)28/h5-8,10-11,13-14,20-21,27H,2-4,9H2,1H3/t13-,14+,20-,21+/m0/s1. The first kappa shape index (κ1) is 19.0. The summed E-state index contributed by atoms with van der Waals surface area (Å²) in [6, 6.07) is 10.8. The van der Waals surface area contributed by atoms with Crippen LogP contribution in [0.4, 0.5) is 0 Å². The van der Waals surface area contributed by atoms with E-state index in [2.05, 4.69) is 6.92 Å². The molecule has 0 saturated heterocycles. The van der Waals surface area contributed by atoms with Gasteiger partial charge in [0.1, 0.15) is 17.3 Å². The second-order valence-electron chi connectivity index (χ2n) is 8.36. The fraction of sp³-hybridized carbons (Fsp3) is 0.375. The highest BCUT2D eigenvalue weighted by Crippen LogP contribution is 2.60. The van der Waals surface area contributed by atoms with Gasteiger partial charge in [0.25, 0.3) is 0 Å². The molecule has 0 spiro atoms. The molecule has 3 nitrogen and oxygen atoms in total. The molecule has 5 heteroatoms. The van der Waals surface area contributed by atoms with Gasteiger partial charge in [-0.2, -0.15) is 0 Å². The number of rotatable bonds is 4. The second kappa shape index (κ2) is 7.07. The molecule has 0 aliphatic heterocycles. The van der Waals surface area contributed by atoms with Crippen LogP contribution in [0, 0.1) is 23.7 Å². The number of benzene rings is 2. The SMILES string of the molecule is CCc1ccc(Oc2ccc(Cl)cc2Cl)cc1C1=C(O)[C@H]2[C@H]3CC[C@H](C3)[C@H]2C1=O. The summed E-state index contributed by atoms with van der Waals surface area (Å²) in [5, 5.41) is 12.0. The summed E-state index contributed by atoms with van der Waals surface area (Å²) in [6.45, 7) is 2.05. The molecule has 150 valence electrons. The lowest BCUT2D eigenvalue weighted by atomic mass is 9.80. The largest absolute Gasteiger partial charge is 0.511 e. The van der Waals surface area contributed by atoms with E-state index in [4.69, 9.17) is 27.9 Å². The van der Waals surface area contributed by atoms with Gasteiger partial charge >= 0.3 is 0 Å². The zero-order chi connectivity index (χ0) is 20.3. The van der Waals surface area contributed by atoms with E-state index in [1.807, 2.05) is 18.2 Å². The summed E-state index contributed by atoms with van der Waals surface area (Å²) in [5.74, 6) is 2.32. The summed E-state index contributed by atoms with van der Waals surface area (Å²) in [7, 11) is 0. The van der Waals surface area contributed by atoms with E-state index < -0.39 is 0 Å². The van der Waals surface area contributed by atoms with Crippen LogP contribution >= 0.6 is 23.2 Å². The zero-order valence-electron chi connectivity index (χ0n) is 16.1. The Morgan fingerprint density at radius 1 is 1.07 bits per heavy atom. The van der Waals surface area contributed by atoms with Gasteiger partial charge in [0.2, 0.25) is 0 Å². The van der Waals surface area contributed by atoms with E-state index in [0.717, 1.165) is 36.8 Å². The molecule has 3 aliphatic carbocycles. The van der Waals surface area contributed by atoms with Gasteiger partial charge in [-0.3, -0.25) is 4.79 Å². The van der Waals surface area contributed by atoms with E-state index in [9.17, 15) is 9.90 Å². The highest BCUT2D eigenvalue weighted by atomic mass is 35.5. The van der Waals surface area contributed by atoms with Gasteiger partial charge in [0.15, 0.2) is 5.78 Å². The Labute approximate surface area is 180 Å². The molecule has 0 amide bonds. The molecule has 2 bridgehead atoms. The lowest BCUT2D eigenvalue weighted by Gasteiger charge is -2.23. The number of aryl methyl sites for hydroxylation is 1. The van der Waals surface area contributed by atoms with Gasteiger partial charge in [-0.1, -0.05) is 36.2 Å². The Kier molecular flexibility index (Phi) is 4.64. The van der Waals surface area contributed by atoms with Crippen LogP contribution in [0.2, 0.25) is 10.0 Å². The minimum Gasteiger partial charge on any atom is -0.511 e. The van der Waals surface area contributed by atoms with Gasteiger partial charge < -0.3 is 9.84 Å². The van der Waals surface area contributed by atoms with E-state index in [-0.39, 0.29) is 17.6 Å². The topological polar surface area (TPSA) is 46.5 Å². The van der Waals surface area contributed by atoms with Crippen LogP contribution in [0.15, 0.2) is 42.2 Å². The molecule has 0 unspecified atom stereocenters. The Morgan fingerprint density at radius 2 is 1.83 bits per heavy atom. The first-order valence-corrected chi connectivity index (χ1v) is 11.0. The van der Waals surface area contributed by atoms with Crippen molar-refractivity contribution in [2.24, 2.45) is 23.7 Å². The third-order valence-corrected chi connectivity index (χ3v) is 7.42. The number of hydrogen-bond donors (Lipinski definition) is 1. The van der Waals surface area contributed by atoms with Crippen molar-refractivity contribution in [1.82, 2.24) is 0 Å². The minimum atomic E-state index is -0.0382. The maximum Gasteiger partial charge on any atom is 0.170 e. The molecule has 1 N–H and O–H groups in total. The fourth-order valence-electron chi connectivity index (χ4n) is 5.64. The smallest absolute Gasteiger partial charge is 0.170 e. The van der Waals surface area contributed by atoms with Crippen LogP contribution in [0.3, 0.4) is 0 Å². The number of carbonyl (C=O) groups excluding carboxylic acids is 1. The van der Waals surface area contributed by atoms with Gasteiger partial charge in [0, 0.05) is 16.9 Å². The molecule has 2 aromatic carbocycles. The highest BCUT2D eigenvalue weighted by molar-refractivity contribution is 6.35. The number of aliphatic hydroxyl groups is 1. The predicted molar refractivity (Wildman–Crippen MR) is 115 cm³/mol. The molecular formula is C24H22Cl2O3. The first-order chi connectivity index (χ1) is 14.0. The quantitative estimate of drug-likeness (QED) is 0.577. The maximum absolute atomic E-state index is 13.3. The summed E-state index contributed by atoms with van der Waals surface area (Å²) >= 11 is 12.2. The number of allylic oxidation sites excluding steroid dienone is 2. The van der Waals surface area contributed by atoms with Gasteiger partial charge in [-0.25, -0.2) is 0 Å². The van der Waals surface area contributed by atoms with Crippen LogP contribution in [0.1, 0.15) is 37.3 Å². The lowest BCUT2D eigenvalue weighted by Crippen LogP contribution is -2.24. The third-order valence-electron chi connectivity index (χ3n) is 6.89. The molecular weight excluding hydrogens is 407 g/mol. The number of aliphatic hydroxyl groups excluding tert-OH is 1. The molecule has 5 rings (SSSR count). The summed E-state index contributed by atoms with van der Waals surface area (Å²) in [6.07, 6.45) is 4.08. The number of halogens is 2. The predicted octanol–water partition coefficient (Wildman–Crippen LogP) is 6.86. The Hall–Kier alpha value is -1.97. The van der Waals surface area contributed by atoms with Crippen molar-refractivity contribution >= 4 is 34.6 Å². The van der Waals surface area contributed by atoms with Crippen molar-refractivity contribution in [2.45, 2.75) is 32.6 Å². The average molecular weight is 429 g/mol. The fourth-order valence-corrected chi connectivity index (χ4v) is 6.08. The van der Waals surface area contributed by atoms with Crippen molar-refractivity contribution in [2.75, 3.05) is 0 Å². The molecule has 3 aliphatic rings.